The first-order chi connectivity index (χ1) is 18.8. The van der Waals surface area contributed by atoms with Crippen molar-refractivity contribution in [3.63, 3.8) is 0 Å². The number of carbonyl (C=O) groups is 1. The number of carbonyl (C=O) groups excluding carboxylic acids is 1. The molecule has 5 aliphatic rings. The lowest BCUT2D eigenvalue weighted by molar-refractivity contribution is -0.144. The molecule has 3 N–H and O–H groups in total. The average molecular weight is 553 g/mol. The Morgan fingerprint density at radius 3 is 2.35 bits per heavy atom. The third-order valence-electron chi connectivity index (χ3n) is 14.2. The number of hydrogen-bond donors (Lipinski definition) is 3. The normalized spacial score (nSPS) is 45.4. The molecule has 222 valence electrons. The van der Waals surface area contributed by atoms with Crippen molar-refractivity contribution in [3.05, 3.63) is 23.8 Å². The Kier molecular flexibility index (Phi) is 6.45. The van der Waals surface area contributed by atoms with Crippen molar-refractivity contribution in [2.75, 3.05) is 21.2 Å². The minimum atomic E-state index is -0.351. The zero-order valence-electron chi connectivity index (χ0n) is 26.0. The van der Waals surface area contributed by atoms with Gasteiger partial charge < -0.3 is 25.2 Å². The van der Waals surface area contributed by atoms with Gasteiger partial charge in [0, 0.05) is 18.0 Å². The number of methoxy groups -OCH3 is 1. The molecule has 40 heavy (non-hydrogen) atoms. The van der Waals surface area contributed by atoms with E-state index in [1.54, 1.807) is 12.1 Å². The number of rotatable bonds is 6. The molecule has 5 aliphatic carbocycles. The van der Waals surface area contributed by atoms with Crippen molar-refractivity contribution in [1.82, 2.24) is 10.6 Å². The highest BCUT2D eigenvalue weighted by atomic mass is 16.5. The van der Waals surface area contributed by atoms with Gasteiger partial charge in [-0.15, -0.1) is 0 Å². The van der Waals surface area contributed by atoms with Crippen LogP contribution in [-0.4, -0.2) is 50.5 Å². The predicted molar refractivity (Wildman–Crippen MR) is 157 cm³/mol. The van der Waals surface area contributed by atoms with Gasteiger partial charge in [-0.3, -0.25) is 0 Å². The highest BCUT2D eigenvalue weighted by molar-refractivity contribution is 5.90. The maximum atomic E-state index is 13.5. The van der Waals surface area contributed by atoms with E-state index in [0.29, 0.717) is 39.5 Å². The molecule has 0 radical (unpaired) electrons. The van der Waals surface area contributed by atoms with E-state index in [0.717, 1.165) is 12.3 Å². The standard InChI is InChI=1S/C34H52N2O4/c1-20(35-6)28-24(40-29(38)21-9-10-23(39-8)22(37)17-21)18-32(5)26-12-11-25-30(2,3)27(36-7)13-14-33(25)19-34(26,33)16-15-31(28,32)4/h9-10,17,20,24-28,35-37H,11-16,18-19H2,1-8H3. The van der Waals surface area contributed by atoms with Crippen molar-refractivity contribution in [2.45, 2.75) is 104 Å². The fourth-order valence-electron chi connectivity index (χ4n) is 12.1. The zero-order valence-corrected chi connectivity index (χ0v) is 26.0. The zero-order chi connectivity index (χ0) is 28.9. The molecule has 1 aromatic carbocycles. The first kappa shape index (κ1) is 28.3. The van der Waals surface area contributed by atoms with Crippen LogP contribution in [-0.2, 0) is 4.74 Å². The van der Waals surface area contributed by atoms with Gasteiger partial charge in [0.2, 0.25) is 0 Å². The van der Waals surface area contributed by atoms with Crippen molar-refractivity contribution in [1.29, 1.82) is 0 Å². The second-order valence-corrected chi connectivity index (χ2v) is 15.3. The molecule has 5 saturated carbocycles. The lowest BCUT2D eigenvalue weighted by atomic mass is 9.42. The molecule has 10 unspecified atom stereocenters. The minimum Gasteiger partial charge on any atom is -0.504 e. The van der Waals surface area contributed by atoms with E-state index in [9.17, 15) is 9.90 Å². The highest BCUT2D eigenvalue weighted by Crippen LogP contribution is 2.89. The van der Waals surface area contributed by atoms with Crippen LogP contribution in [0.4, 0.5) is 0 Å². The SMILES string of the molecule is CNC(C)C1C(OC(=O)c2ccc(OC)c(O)c2)CC2(C)C3CCC4C(C)(C)C(NC)CCC45CC35CCC12C. The van der Waals surface area contributed by atoms with Gasteiger partial charge in [-0.05, 0) is 129 Å². The second-order valence-electron chi connectivity index (χ2n) is 15.3. The Morgan fingerprint density at radius 1 is 1.00 bits per heavy atom. The Bertz CT molecular complexity index is 1180. The Morgan fingerprint density at radius 2 is 1.70 bits per heavy atom. The van der Waals surface area contributed by atoms with Crippen LogP contribution in [0.15, 0.2) is 18.2 Å². The third kappa shape index (κ3) is 3.44. The molecule has 2 spiro atoms. The van der Waals surface area contributed by atoms with Crippen LogP contribution in [0.25, 0.3) is 0 Å². The number of nitrogens with one attached hydrogen (secondary N) is 2. The molecule has 1 aromatic rings. The summed E-state index contributed by atoms with van der Waals surface area (Å²) >= 11 is 0. The summed E-state index contributed by atoms with van der Waals surface area (Å²) in [5.74, 6) is 1.67. The summed E-state index contributed by atoms with van der Waals surface area (Å²) in [5, 5.41) is 17.5. The number of aromatic hydroxyl groups is 1. The van der Waals surface area contributed by atoms with Crippen LogP contribution in [0, 0.1) is 44.8 Å². The van der Waals surface area contributed by atoms with Crippen LogP contribution in [0.5, 0.6) is 11.5 Å². The van der Waals surface area contributed by atoms with E-state index in [4.69, 9.17) is 9.47 Å². The molecule has 6 nitrogen and oxygen atoms in total. The summed E-state index contributed by atoms with van der Waals surface area (Å²) < 4.78 is 11.6. The van der Waals surface area contributed by atoms with E-state index in [2.05, 4.69) is 52.3 Å². The molecule has 0 bridgehead atoms. The molecule has 0 aliphatic heterocycles. The quantitative estimate of drug-likeness (QED) is 0.366. The first-order valence-corrected chi connectivity index (χ1v) is 15.8. The van der Waals surface area contributed by atoms with E-state index in [1.165, 1.54) is 58.1 Å². The van der Waals surface area contributed by atoms with E-state index < -0.39 is 0 Å². The smallest absolute Gasteiger partial charge is 0.338 e. The fraction of sp³-hybridized carbons (Fsp3) is 0.794. The summed E-state index contributed by atoms with van der Waals surface area (Å²) in [5.41, 5.74) is 1.86. The Balaban J connectivity index is 1.32. The van der Waals surface area contributed by atoms with Crippen LogP contribution in [0.2, 0.25) is 0 Å². The largest absolute Gasteiger partial charge is 0.504 e. The van der Waals surface area contributed by atoms with Crippen LogP contribution >= 0.6 is 0 Å². The van der Waals surface area contributed by atoms with Gasteiger partial charge in [-0.1, -0.05) is 27.7 Å². The maximum Gasteiger partial charge on any atom is 0.338 e. The van der Waals surface area contributed by atoms with Gasteiger partial charge in [0.15, 0.2) is 11.5 Å². The van der Waals surface area contributed by atoms with E-state index in [-0.39, 0.29) is 40.6 Å². The predicted octanol–water partition coefficient (Wildman–Crippen LogP) is 6.17. The summed E-state index contributed by atoms with van der Waals surface area (Å²) in [6.45, 7) is 12.4. The third-order valence-corrected chi connectivity index (χ3v) is 14.2. The van der Waals surface area contributed by atoms with E-state index >= 15 is 0 Å². The highest BCUT2D eigenvalue weighted by Gasteiger charge is 2.83. The molecule has 0 heterocycles. The van der Waals surface area contributed by atoms with Gasteiger partial charge in [0.1, 0.15) is 6.10 Å². The molecule has 0 amide bonds. The van der Waals surface area contributed by atoms with Gasteiger partial charge >= 0.3 is 5.97 Å². The minimum absolute atomic E-state index is 0.0373. The molecule has 0 saturated heterocycles. The Labute approximate surface area is 241 Å². The lowest BCUT2D eigenvalue weighted by Crippen LogP contribution is -2.59. The van der Waals surface area contributed by atoms with Crippen molar-refractivity contribution in [2.24, 2.45) is 44.8 Å². The Hall–Kier alpha value is -1.79. The van der Waals surface area contributed by atoms with Crippen molar-refractivity contribution < 1.29 is 19.4 Å². The number of benzene rings is 1. The molecule has 0 aromatic heterocycles. The van der Waals surface area contributed by atoms with Crippen molar-refractivity contribution >= 4 is 5.97 Å². The number of ether oxygens (including phenoxy) is 2. The first-order valence-electron chi connectivity index (χ1n) is 15.8. The van der Waals surface area contributed by atoms with Gasteiger partial charge in [-0.25, -0.2) is 4.79 Å². The monoisotopic (exact) mass is 552 g/mol. The number of fused-ring (bicyclic) bond motifs is 2. The number of esters is 1. The summed E-state index contributed by atoms with van der Waals surface area (Å²) in [4.78, 5) is 13.5. The number of phenols is 1. The molecular weight excluding hydrogens is 500 g/mol. The molecular formula is C34H52N2O4. The summed E-state index contributed by atoms with van der Waals surface area (Å²) in [7, 11) is 5.70. The van der Waals surface area contributed by atoms with Crippen molar-refractivity contribution in [3.8, 4) is 11.5 Å². The van der Waals surface area contributed by atoms with Gasteiger partial charge in [0.25, 0.3) is 0 Å². The molecule has 6 heteroatoms. The number of hydrogen-bond acceptors (Lipinski definition) is 6. The number of phenolic OH excluding ortho intramolecular Hbond substituents is 1. The topological polar surface area (TPSA) is 79.8 Å². The average Bonchev–Trinajstić information content (AvgIpc) is 3.52. The summed E-state index contributed by atoms with van der Waals surface area (Å²) in [6, 6.07) is 5.63. The molecule has 6 rings (SSSR count). The maximum absolute atomic E-state index is 13.5. The van der Waals surface area contributed by atoms with Gasteiger partial charge in [-0.2, -0.15) is 0 Å². The van der Waals surface area contributed by atoms with Crippen LogP contribution in [0.3, 0.4) is 0 Å². The second kappa shape index (κ2) is 9.10. The van der Waals surface area contributed by atoms with Gasteiger partial charge in [0.05, 0.1) is 12.7 Å². The molecule has 5 fully saturated rings. The van der Waals surface area contributed by atoms with Crippen LogP contribution < -0.4 is 15.4 Å². The fourth-order valence-corrected chi connectivity index (χ4v) is 12.1. The van der Waals surface area contributed by atoms with Crippen LogP contribution in [0.1, 0.15) is 96.3 Å². The molecule has 10 atom stereocenters. The summed E-state index contributed by atoms with van der Waals surface area (Å²) in [6.07, 6.45) is 9.97. The lowest BCUT2D eigenvalue weighted by Gasteiger charge is -2.63. The van der Waals surface area contributed by atoms with E-state index in [1.807, 2.05) is 7.05 Å².